The number of methoxy groups -OCH3 is 1. The van der Waals surface area contributed by atoms with Crippen molar-refractivity contribution in [2.75, 3.05) is 13.7 Å². The highest BCUT2D eigenvalue weighted by atomic mass is 19.1. The molecule has 5 aromatic rings. The van der Waals surface area contributed by atoms with Crippen LogP contribution in [0.25, 0.3) is 16.8 Å². The van der Waals surface area contributed by atoms with E-state index in [-0.39, 0.29) is 30.2 Å². The lowest BCUT2D eigenvalue weighted by molar-refractivity contribution is 0.0657. The Kier molecular flexibility index (Phi) is 7.72. The number of carbonyl (C=O) groups excluding carboxylic acids is 1. The summed E-state index contributed by atoms with van der Waals surface area (Å²) in [5.41, 5.74) is 4.22. The Balaban J connectivity index is 1.30. The summed E-state index contributed by atoms with van der Waals surface area (Å²) in [7, 11) is 1.41. The molecule has 0 unspecified atom stereocenters. The molecule has 0 aliphatic carbocycles. The maximum Gasteiger partial charge on any atom is 0.410 e. The van der Waals surface area contributed by atoms with Crippen LogP contribution in [0.3, 0.4) is 0 Å². The molecule has 0 radical (unpaired) electrons. The molecule has 1 saturated heterocycles. The number of benzene rings is 3. The van der Waals surface area contributed by atoms with E-state index in [1.807, 2.05) is 60.0 Å². The Bertz CT molecular complexity index is 1710. The number of ether oxygens (including phenoxy) is 3. The molecule has 1 aliphatic heterocycles. The average Bonchev–Trinajstić information content (AvgIpc) is 3.42. The van der Waals surface area contributed by atoms with Crippen LogP contribution in [0.2, 0.25) is 0 Å². The molecule has 0 bridgehead atoms. The largest absolute Gasteiger partial charge is 0.494 e. The van der Waals surface area contributed by atoms with E-state index in [1.54, 1.807) is 41.4 Å². The first-order valence-corrected chi connectivity index (χ1v) is 13.9. The zero-order valence-electron chi connectivity index (χ0n) is 23.5. The summed E-state index contributed by atoms with van der Waals surface area (Å²) < 4.78 is 33.2. The summed E-state index contributed by atoms with van der Waals surface area (Å²) in [5, 5.41) is 0. The van der Waals surface area contributed by atoms with E-state index >= 15 is 0 Å². The predicted octanol–water partition coefficient (Wildman–Crippen LogP) is 7.51. The molecule has 6 rings (SSSR count). The van der Waals surface area contributed by atoms with Crippen molar-refractivity contribution in [2.45, 2.75) is 38.8 Å². The van der Waals surface area contributed by atoms with E-state index < -0.39 is 5.82 Å². The zero-order chi connectivity index (χ0) is 29.1. The lowest BCUT2D eigenvalue weighted by atomic mass is 10.0. The van der Waals surface area contributed by atoms with Gasteiger partial charge in [-0.25, -0.2) is 9.78 Å². The number of fused-ring (bicyclic) bond motifs is 1. The van der Waals surface area contributed by atoms with Gasteiger partial charge in [0.25, 0.3) is 0 Å². The van der Waals surface area contributed by atoms with Crippen molar-refractivity contribution < 1.29 is 23.4 Å². The summed E-state index contributed by atoms with van der Waals surface area (Å²) in [6.07, 6.45) is 5.95. The van der Waals surface area contributed by atoms with Crippen molar-refractivity contribution in [1.29, 1.82) is 0 Å². The molecule has 9 heteroatoms. The van der Waals surface area contributed by atoms with Gasteiger partial charge in [0.2, 0.25) is 5.82 Å². The molecule has 1 fully saturated rings. The van der Waals surface area contributed by atoms with E-state index in [2.05, 4.69) is 4.98 Å². The molecule has 0 saturated carbocycles. The van der Waals surface area contributed by atoms with Gasteiger partial charge in [0.15, 0.2) is 11.5 Å². The van der Waals surface area contributed by atoms with E-state index in [0.29, 0.717) is 12.3 Å². The maximum atomic E-state index is 14.6. The van der Waals surface area contributed by atoms with Crippen LogP contribution >= 0.6 is 0 Å². The van der Waals surface area contributed by atoms with Crippen LogP contribution in [0, 0.1) is 12.7 Å². The number of amides is 1. The minimum Gasteiger partial charge on any atom is -0.494 e. The van der Waals surface area contributed by atoms with Crippen LogP contribution in [-0.4, -0.2) is 39.0 Å². The van der Waals surface area contributed by atoms with Gasteiger partial charge in [-0.1, -0.05) is 36.4 Å². The number of hydrogen-bond donors (Lipinski definition) is 0. The molecule has 214 valence electrons. The first-order valence-electron chi connectivity index (χ1n) is 13.9. The van der Waals surface area contributed by atoms with Crippen molar-refractivity contribution in [1.82, 2.24) is 19.3 Å². The van der Waals surface area contributed by atoms with Gasteiger partial charge < -0.3 is 14.2 Å². The predicted molar refractivity (Wildman–Crippen MR) is 156 cm³/mol. The van der Waals surface area contributed by atoms with Crippen LogP contribution < -0.4 is 9.47 Å². The molecule has 3 aromatic carbocycles. The van der Waals surface area contributed by atoms with Crippen LogP contribution in [0.5, 0.6) is 17.2 Å². The maximum absolute atomic E-state index is 14.6. The minimum absolute atomic E-state index is 0.0772. The number of carbonyl (C=O) groups is 1. The Morgan fingerprint density at radius 2 is 1.79 bits per heavy atom. The summed E-state index contributed by atoms with van der Waals surface area (Å²) in [6.45, 7) is 2.76. The number of aromatic nitrogens is 3. The molecule has 42 heavy (non-hydrogen) atoms. The number of hydrogen-bond acceptors (Lipinski definition) is 6. The second-order valence-corrected chi connectivity index (χ2v) is 10.2. The minimum atomic E-state index is -0.560. The van der Waals surface area contributed by atoms with E-state index in [9.17, 15) is 9.18 Å². The smallest absolute Gasteiger partial charge is 0.410 e. The fraction of sp³-hybridized carbons (Fsp3) is 0.242. The molecule has 0 N–H and O–H groups in total. The van der Waals surface area contributed by atoms with Gasteiger partial charge in [-0.05, 0) is 68.1 Å². The number of halogens is 1. The van der Waals surface area contributed by atoms with Gasteiger partial charge in [-0.3, -0.25) is 14.3 Å². The Morgan fingerprint density at radius 1 is 1.00 bits per heavy atom. The lowest BCUT2D eigenvalue weighted by Crippen LogP contribution is -2.39. The number of likely N-dealkylation sites (tertiary alicyclic amines) is 1. The van der Waals surface area contributed by atoms with Gasteiger partial charge in [0, 0.05) is 24.5 Å². The van der Waals surface area contributed by atoms with Crippen molar-refractivity contribution >= 4 is 11.6 Å². The van der Waals surface area contributed by atoms with Crippen molar-refractivity contribution in [3.63, 3.8) is 0 Å². The average molecular weight is 567 g/mol. The molecule has 3 heterocycles. The molecule has 1 amide bonds. The number of piperidine rings is 1. The number of nitrogens with zero attached hydrogens (tertiary/aromatic N) is 4. The highest BCUT2D eigenvalue weighted by Crippen LogP contribution is 2.37. The summed E-state index contributed by atoms with van der Waals surface area (Å²) >= 11 is 0. The Hall–Kier alpha value is -4.92. The van der Waals surface area contributed by atoms with Crippen LogP contribution in [0.4, 0.5) is 9.18 Å². The highest BCUT2D eigenvalue weighted by Gasteiger charge is 2.33. The van der Waals surface area contributed by atoms with Crippen molar-refractivity contribution in [3.8, 4) is 28.5 Å². The first kappa shape index (κ1) is 27.3. The van der Waals surface area contributed by atoms with Crippen LogP contribution in [0.15, 0.2) is 85.2 Å². The van der Waals surface area contributed by atoms with E-state index in [0.717, 1.165) is 53.1 Å². The quantitative estimate of drug-likeness (QED) is 0.203. The second-order valence-electron chi connectivity index (χ2n) is 10.2. The number of imidazole rings is 1. The summed E-state index contributed by atoms with van der Waals surface area (Å²) in [5.74, 6) is 0.873. The zero-order valence-corrected chi connectivity index (χ0v) is 23.5. The fourth-order valence-electron chi connectivity index (χ4n) is 5.41. The monoisotopic (exact) mass is 566 g/mol. The number of rotatable bonds is 7. The van der Waals surface area contributed by atoms with Crippen LogP contribution in [-0.2, 0) is 11.3 Å². The van der Waals surface area contributed by atoms with Gasteiger partial charge in [0.05, 0.1) is 30.1 Å². The first-order chi connectivity index (χ1) is 20.5. The molecular formula is C33H31FN4O4. The van der Waals surface area contributed by atoms with Gasteiger partial charge >= 0.3 is 6.09 Å². The Labute approximate surface area is 243 Å². The molecule has 0 spiro atoms. The second kappa shape index (κ2) is 11.9. The summed E-state index contributed by atoms with van der Waals surface area (Å²) in [4.78, 5) is 24.7. The molecule has 1 aliphatic rings. The molecule has 8 nitrogen and oxygen atoms in total. The molecule has 2 aromatic heterocycles. The standard InChI is InChI=1S/C33H31FN4O4/c1-22-31-30(24-14-16-25(17-15-24)42-28-13-8-12-27(40-2)29(28)34)36-32(38(31)20-18-35-22)26-11-6-7-19-37(26)33(39)41-21-23-9-4-3-5-10-23/h3-5,8-10,12-18,20,26H,6-7,11,19,21H2,1-2H3/t26-/m0/s1. The topological polar surface area (TPSA) is 78.2 Å². The van der Waals surface area contributed by atoms with Gasteiger partial charge in [0.1, 0.15) is 18.2 Å². The van der Waals surface area contributed by atoms with Crippen LogP contribution in [0.1, 0.15) is 42.4 Å². The van der Waals surface area contributed by atoms with Gasteiger partial charge in [-0.15, -0.1) is 0 Å². The highest BCUT2D eigenvalue weighted by molar-refractivity contribution is 5.80. The molecular weight excluding hydrogens is 535 g/mol. The third-order valence-corrected chi connectivity index (χ3v) is 7.51. The third-order valence-electron chi connectivity index (χ3n) is 7.51. The fourth-order valence-corrected chi connectivity index (χ4v) is 5.41. The van der Waals surface area contributed by atoms with Crippen molar-refractivity contribution in [3.05, 3.63) is 108 Å². The normalized spacial score (nSPS) is 15.0. The Morgan fingerprint density at radius 3 is 2.57 bits per heavy atom. The number of aryl methyl sites for hydroxylation is 1. The van der Waals surface area contributed by atoms with E-state index in [1.165, 1.54) is 7.11 Å². The third kappa shape index (κ3) is 5.37. The lowest BCUT2D eigenvalue weighted by Gasteiger charge is -2.34. The van der Waals surface area contributed by atoms with Gasteiger partial charge in [-0.2, -0.15) is 4.39 Å². The summed E-state index contributed by atoms with van der Waals surface area (Å²) in [6, 6.07) is 21.5. The molecule has 1 atom stereocenters. The van der Waals surface area contributed by atoms with Crippen molar-refractivity contribution in [2.24, 2.45) is 0 Å². The van der Waals surface area contributed by atoms with E-state index in [4.69, 9.17) is 19.2 Å². The SMILES string of the molecule is COc1cccc(Oc2ccc(-c3nc([C@@H]4CCCCN4C(=O)OCc4ccccc4)n4ccnc(C)c34)cc2)c1F.